The number of nitrogens with zero attached hydrogens (tertiary/aromatic N) is 2. The number of piperazine rings is 1. The van der Waals surface area contributed by atoms with Crippen molar-refractivity contribution in [1.82, 2.24) is 15.2 Å². The van der Waals surface area contributed by atoms with E-state index in [0.29, 0.717) is 6.04 Å². The van der Waals surface area contributed by atoms with Gasteiger partial charge in [-0.05, 0) is 34.9 Å². The van der Waals surface area contributed by atoms with Crippen LogP contribution < -0.4 is 10.1 Å². The first kappa shape index (κ1) is 20.3. The molecule has 4 nitrogen and oxygen atoms in total. The van der Waals surface area contributed by atoms with Crippen LogP contribution >= 0.6 is 12.4 Å². The third-order valence-electron chi connectivity index (χ3n) is 5.20. The number of pyridine rings is 1. The van der Waals surface area contributed by atoms with Gasteiger partial charge in [-0.15, -0.1) is 12.4 Å². The predicted molar refractivity (Wildman–Crippen MR) is 116 cm³/mol. The van der Waals surface area contributed by atoms with Crippen LogP contribution in [-0.2, 0) is 6.54 Å². The molecule has 1 N–H and O–H groups in total. The second kappa shape index (κ2) is 9.69. The summed E-state index contributed by atoms with van der Waals surface area (Å²) in [6, 6.07) is 21.6. The molecule has 1 atom stereocenters. The Hall–Kier alpha value is -2.40. The van der Waals surface area contributed by atoms with E-state index in [4.69, 9.17) is 4.74 Å². The van der Waals surface area contributed by atoms with Gasteiger partial charge in [0.15, 0.2) is 0 Å². The van der Waals surface area contributed by atoms with Gasteiger partial charge in [0.25, 0.3) is 0 Å². The molecule has 1 saturated heterocycles. The number of para-hydroxylation sites is 1. The van der Waals surface area contributed by atoms with E-state index in [1.165, 1.54) is 16.7 Å². The van der Waals surface area contributed by atoms with Gasteiger partial charge in [0.1, 0.15) is 5.75 Å². The van der Waals surface area contributed by atoms with E-state index >= 15 is 0 Å². The lowest BCUT2D eigenvalue weighted by atomic mass is 10.0. The van der Waals surface area contributed by atoms with Crippen molar-refractivity contribution in [2.75, 3.05) is 26.7 Å². The van der Waals surface area contributed by atoms with E-state index in [-0.39, 0.29) is 12.4 Å². The third-order valence-corrected chi connectivity index (χ3v) is 5.20. The van der Waals surface area contributed by atoms with Crippen LogP contribution in [0.4, 0.5) is 0 Å². The molecular formula is C23H26ClN3O. The first-order valence-corrected chi connectivity index (χ1v) is 9.42. The number of hydrogen-bond acceptors (Lipinski definition) is 4. The average Bonchev–Trinajstić information content (AvgIpc) is 2.75. The Morgan fingerprint density at radius 1 is 1.04 bits per heavy atom. The van der Waals surface area contributed by atoms with Gasteiger partial charge in [0, 0.05) is 50.2 Å². The van der Waals surface area contributed by atoms with Crippen molar-refractivity contribution in [3.8, 4) is 16.9 Å². The van der Waals surface area contributed by atoms with Crippen molar-refractivity contribution in [3.05, 3.63) is 84.2 Å². The Kier molecular flexibility index (Phi) is 7.04. The molecule has 2 aromatic carbocycles. The van der Waals surface area contributed by atoms with Crippen LogP contribution in [0.5, 0.6) is 5.75 Å². The second-order valence-corrected chi connectivity index (χ2v) is 6.87. The highest BCUT2D eigenvalue weighted by atomic mass is 35.5. The highest BCUT2D eigenvalue weighted by Crippen LogP contribution is 2.30. The van der Waals surface area contributed by atoms with Gasteiger partial charge < -0.3 is 10.1 Å². The summed E-state index contributed by atoms with van der Waals surface area (Å²) in [5.41, 5.74) is 4.96. The Morgan fingerprint density at radius 2 is 1.79 bits per heavy atom. The third kappa shape index (κ3) is 4.53. The number of benzene rings is 2. The summed E-state index contributed by atoms with van der Waals surface area (Å²) in [4.78, 5) is 6.70. The zero-order valence-corrected chi connectivity index (χ0v) is 16.9. The summed E-state index contributed by atoms with van der Waals surface area (Å²) in [6.45, 7) is 3.99. The lowest BCUT2D eigenvalue weighted by molar-refractivity contribution is 0.153. The van der Waals surface area contributed by atoms with Crippen LogP contribution in [-0.4, -0.2) is 36.6 Å². The van der Waals surface area contributed by atoms with E-state index in [1.54, 1.807) is 7.11 Å². The molecule has 28 heavy (non-hydrogen) atoms. The highest BCUT2D eigenvalue weighted by molar-refractivity contribution is 5.85. The lowest BCUT2D eigenvalue weighted by Crippen LogP contribution is -2.45. The van der Waals surface area contributed by atoms with Gasteiger partial charge in [-0.2, -0.15) is 0 Å². The molecule has 0 radical (unpaired) electrons. The van der Waals surface area contributed by atoms with E-state index in [9.17, 15) is 0 Å². The van der Waals surface area contributed by atoms with E-state index in [0.717, 1.165) is 37.5 Å². The topological polar surface area (TPSA) is 37.4 Å². The number of ether oxygens (including phenoxy) is 1. The first-order chi connectivity index (χ1) is 13.3. The first-order valence-electron chi connectivity index (χ1n) is 9.42. The molecular weight excluding hydrogens is 370 g/mol. The van der Waals surface area contributed by atoms with Crippen molar-refractivity contribution in [3.63, 3.8) is 0 Å². The van der Waals surface area contributed by atoms with Gasteiger partial charge in [0.05, 0.1) is 7.11 Å². The number of rotatable bonds is 5. The highest BCUT2D eigenvalue weighted by Gasteiger charge is 2.23. The van der Waals surface area contributed by atoms with Crippen LogP contribution in [0.1, 0.15) is 17.2 Å². The average molecular weight is 396 g/mol. The van der Waals surface area contributed by atoms with Crippen LogP contribution in [0, 0.1) is 0 Å². The smallest absolute Gasteiger partial charge is 0.126 e. The van der Waals surface area contributed by atoms with Gasteiger partial charge in [-0.25, -0.2) is 0 Å². The van der Waals surface area contributed by atoms with Crippen LogP contribution in [0.15, 0.2) is 73.1 Å². The van der Waals surface area contributed by atoms with Gasteiger partial charge in [0.2, 0.25) is 0 Å². The van der Waals surface area contributed by atoms with Crippen molar-refractivity contribution in [2.24, 2.45) is 0 Å². The standard InChI is InChI=1S/C23H25N3O.ClH/c1-27-23-5-3-2-4-21(23)19-8-6-18(7-9-19)17-26-15-14-25-16-22(26)20-10-12-24-13-11-20;/h2-13,22,25H,14-17H2,1H3;1H. The molecule has 2 heterocycles. The zero-order valence-electron chi connectivity index (χ0n) is 16.0. The van der Waals surface area contributed by atoms with E-state index < -0.39 is 0 Å². The lowest BCUT2D eigenvalue weighted by Gasteiger charge is -2.36. The normalized spacial score (nSPS) is 17.0. The molecule has 0 amide bonds. The maximum Gasteiger partial charge on any atom is 0.126 e. The summed E-state index contributed by atoms with van der Waals surface area (Å²) in [6.07, 6.45) is 3.76. The fraction of sp³-hybridized carbons (Fsp3) is 0.261. The summed E-state index contributed by atoms with van der Waals surface area (Å²) in [7, 11) is 1.72. The largest absolute Gasteiger partial charge is 0.496 e. The second-order valence-electron chi connectivity index (χ2n) is 6.87. The molecule has 0 spiro atoms. The number of hydrogen-bond donors (Lipinski definition) is 1. The van der Waals surface area contributed by atoms with Crippen LogP contribution in [0.2, 0.25) is 0 Å². The SMILES string of the molecule is COc1ccccc1-c1ccc(CN2CCNCC2c2ccncc2)cc1.Cl. The maximum absolute atomic E-state index is 5.49. The summed E-state index contributed by atoms with van der Waals surface area (Å²) in [5, 5.41) is 3.52. The van der Waals surface area contributed by atoms with Crippen molar-refractivity contribution < 1.29 is 4.74 Å². The van der Waals surface area contributed by atoms with Crippen molar-refractivity contribution in [1.29, 1.82) is 0 Å². The number of aromatic nitrogens is 1. The van der Waals surface area contributed by atoms with Gasteiger partial charge in [-0.3, -0.25) is 9.88 Å². The molecule has 3 aromatic rings. The molecule has 1 aliphatic rings. The quantitative estimate of drug-likeness (QED) is 0.697. The predicted octanol–water partition coefficient (Wildman–Crippen LogP) is 4.33. The van der Waals surface area contributed by atoms with Gasteiger partial charge in [-0.1, -0.05) is 42.5 Å². The number of nitrogens with one attached hydrogen (secondary N) is 1. The van der Waals surface area contributed by atoms with E-state index in [1.807, 2.05) is 30.6 Å². The minimum absolute atomic E-state index is 0. The Morgan fingerprint density at radius 3 is 2.54 bits per heavy atom. The fourth-order valence-electron chi connectivity index (χ4n) is 3.76. The number of methoxy groups -OCH3 is 1. The van der Waals surface area contributed by atoms with Crippen LogP contribution in [0.3, 0.4) is 0 Å². The molecule has 0 aliphatic carbocycles. The molecule has 0 saturated carbocycles. The Labute approximate surface area is 173 Å². The van der Waals surface area contributed by atoms with Crippen molar-refractivity contribution in [2.45, 2.75) is 12.6 Å². The molecule has 0 bridgehead atoms. The van der Waals surface area contributed by atoms with Crippen LogP contribution in [0.25, 0.3) is 11.1 Å². The molecule has 1 fully saturated rings. The molecule has 146 valence electrons. The van der Waals surface area contributed by atoms with E-state index in [2.05, 4.69) is 57.7 Å². The van der Waals surface area contributed by atoms with Crippen molar-refractivity contribution >= 4 is 12.4 Å². The molecule has 5 heteroatoms. The summed E-state index contributed by atoms with van der Waals surface area (Å²) < 4.78 is 5.49. The Bertz CT molecular complexity index is 871. The number of halogens is 1. The fourth-order valence-corrected chi connectivity index (χ4v) is 3.76. The zero-order chi connectivity index (χ0) is 18.5. The molecule has 1 aromatic heterocycles. The molecule has 4 rings (SSSR count). The Balaban J connectivity index is 0.00000225. The minimum atomic E-state index is 0. The molecule has 1 unspecified atom stereocenters. The maximum atomic E-state index is 5.49. The monoisotopic (exact) mass is 395 g/mol. The van der Waals surface area contributed by atoms with Gasteiger partial charge >= 0.3 is 0 Å². The molecule has 1 aliphatic heterocycles. The minimum Gasteiger partial charge on any atom is -0.496 e. The summed E-state index contributed by atoms with van der Waals surface area (Å²) >= 11 is 0. The summed E-state index contributed by atoms with van der Waals surface area (Å²) in [5.74, 6) is 0.908.